The van der Waals surface area contributed by atoms with Crippen LogP contribution in [0.2, 0.25) is 0 Å². The molecule has 1 rings (SSSR count). The van der Waals surface area contributed by atoms with Crippen molar-refractivity contribution in [3.63, 3.8) is 0 Å². The Morgan fingerprint density at radius 3 is 3.09 bits per heavy atom. The smallest absolute Gasteiger partial charge is 0.170 e. The molecule has 0 bridgehead atoms. The number of carbonyl (C=O) groups excluding carboxylic acids is 1. The standard InChI is InChI=1S/C8H8ClNO/c9-5-8(11)2-1-7-3-4-10-6-7/h1-4,6,10H,5H2. The Hall–Kier alpha value is -1.02. The number of carbonyl (C=O) groups is 1. The van der Waals surface area contributed by atoms with Crippen LogP contribution in [0.25, 0.3) is 6.08 Å². The second-order valence-corrected chi connectivity index (χ2v) is 2.34. The average Bonchev–Trinajstić information content (AvgIpc) is 2.52. The van der Waals surface area contributed by atoms with Crippen molar-refractivity contribution in [2.24, 2.45) is 0 Å². The van der Waals surface area contributed by atoms with Crippen LogP contribution < -0.4 is 0 Å². The van der Waals surface area contributed by atoms with E-state index in [-0.39, 0.29) is 11.7 Å². The van der Waals surface area contributed by atoms with Crippen LogP contribution >= 0.6 is 11.6 Å². The normalized spacial score (nSPS) is 10.6. The van der Waals surface area contributed by atoms with Gasteiger partial charge in [0.25, 0.3) is 0 Å². The van der Waals surface area contributed by atoms with Crippen LogP contribution in [-0.2, 0) is 4.79 Å². The molecular formula is C8H8ClNO. The number of aromatic nitrogens is 1. The minimum atomic E-state index is -0.0760. The lowest BCUT2D eigenvalue weighted by atomic mass is 10.3. The largest absolute Gasteiger partial charge is 0.367 e. The number of hydrogen-bond acceptors (Lipinski definition) is 1. The maximum atomic E-state index is 10.7. The summed E-state index contributed by atoms with van der Waals surface area (Å²) in [5, 5.41) is 0. The molecule has 3 heteroatoms. The number of alkyl halides is 1. The molecule has 0 spiro atoms. The van der Waals surface area contributed by atoms with Gasteiger partial charge in [-0.05, 0) is 23.8 Å². The number of hydrogen-bond donors (Lipinski definition) is 1. The highest BCUT2D eigenvalue weighted by Gasteiger charge is 1.90. The lowest BCUT2D eigenvalue weighted by Gasteiger charge is -1.82. The topological polar surface area (TPSA) is 32.9 Å². The van der Waals surface area contributed by atoms with Crippen molar-refractivity contribution in [1.82, 2.24) is 4.98 Å². The predicted molar refractivity (Wildman–Crippen MR) is 45.6 cm³/mol. The van der Waals surface area contributed by atoms with Gasteiger partial charge in [0.05, 0.1) is 5.88 Å². The molecule has 0 amide bonds. The van der Waals surface area contributed by atoms with Crippen LogP contribution in [0.3, 0.4) is 0 Å². The highest BCUT2D eigenvalue weighted by atomic mass is 35.5. The van der Waals surface area contributed by atoms with Crippen LogP contribution in [-0.4, -0.2) is 16.6 Å². The monoisotopic (exact) mass is 169 g/mol. The molecule has 0 saturated heterocycles. The van der Waals surface area contributed by atoms with E-state index in [4.69, 9.17) is 11.6 Å². The minimum Gasteiger partial charge on any atom is -0.367 e. The Morgan fingerprint density at radius 2 is 2.55 bits per heavy atom. The summed E-state index contributed by atoms with van der Waals surface area (Å²) in [6.07, 6.45) is 6.79. The second kappa shape index (κ2) is 3.98. The van der Waals surface area contributed by atoms with Crippen molar-refractivity contribution in [3.05, 3.63) is 30.1 Å². The van der Waals surface area contributed by atoms with Crippen molar-refractivity contribution >= 4 is 23.5 Å². The number of ketones is 1. The first-order chi connectivity index (χ1) is 5.33. The lowest BCUT2D eigenvalue weighted by molar-refractivity contribution is -0.112. The third kappa shape index (κ3) is 2.60. The van der Waals surface area contributed by atoms with E-state index in [0.717, 1.165) is 5.56 Å². The quantitative estimate of drug-likeness (QED) is 0.544. The van der Waals surface area contributed by atoms with Gasteiger partial charge in [-0.1, -0.05) is 0 Å². The fourth-order valence-corrected chi connectivity index (χ4v) is 0.763. The van der Waals surface area contributed by atoms with Gasteiger partial charge < -0.3 is 4.98 Å². The molecule has 0 aliphatic rings. The Kier molecular flexibility index (Phi) is 2.93. The van der Waals surface area contributed by atoms with Crippen molar-refractivity contribution < 1.29 is 4.79 Å². The molecule has 58 valence electrons. The third-order valence-corrected chi connectivity index (χ3v) is 1.48. The van der Waals surface area contributed by atoms with Gasteiger partial charge >= 0.3 is 0 Å². The maximum absolute atomic E-state index is 10.7. The number of halogens is 1. The summed E-state index contributed by atoms with van der Waals surface area (Å²) in [7, 11) is 0. The summed E-state index contributed by atoms with van der Waals surface area (Å²) in [5.74, 6) is -0.0335. The van der Waals surface area contributed by atoms with E-state index < -0.39 is 0 Å². The fraction of sp³-hybridized carbons (Fsp3) is 0.125. The molecule has 0 aliphatic carbocycles. The molecule has 0 atom stereocenters. The number of H-pyrrole nitrogens is 1. The Morgan fingerprint density at radius 1 is 1.73 bits per heavy atom. The second-order valence-electron chi connectivity index (χ2n) is 2.08. The van der Waals surface area contributed by atoms with Gasteiger partial charge in [0, 0.05) is 12.4 Å². The molecule has 1 aromatic heterocycles. The lowest BCUT2D eigenvalue weighted by Crippen LogP contribution is -1.91. The van der Waals surface area contributed by atoms with E-state index in [1.165, 1.54) is 6.08 Å². The summed E-state index contributed by atoms with van der Waals surface area (Å²) in [5.41, 5.74) is 0.975. The van der Waals surface area contributed by atoms with Crippen molar-refractivity contribution in [1.29, 1.82) is 0 Å². The van der Waals surface area contributed by atoms with E-state index in [9.17, 15) is 4.79 Å². The molecule has 2 nitrogen and oxygen atoms in total. The van der Waals surface area contributed by atoms with E-state index in [2.05, 4.69) is 4.98 Å². The van der Waals surface area contributed by atoms with Gasteiger partial charge in [0.1, 0.15) is 0 Å². The summed E-state index contributed by atoms with van der Waals surface area (Å²) in [6.45, 7) is 0. The molecule has 0 unspecified atom stereocenters. The zero-order valence-corrected chi connectivity index (χ0v) is 6.64. The number of nitrogens with one attached hydrogen (secondary N) is 1. The van der Waals surface area contributed by atoms with Gasteiger partial charge in [-0.15, -0.1) is 11.6 Å². The molecule has 1 heterocycles. The van der Waals surface area contributed by atoms with Crippen molar-refractivity contribution in [3.8, 4) is 0 Å². The molecule has 1 N–H and O–H groups in total. The van der Waals surface area contributed by atoms with Crippen LogP contribution in [0.5, 0.6) is 0 Å². The molecule has 1 aromatic rings. The van der Waals surface area contributed by atoms with Gasteiger partial charge in [0.15, 0.2) is 5.78 Å². The highest BCUT2D eigenvalue weighted by Crippen LogP contribution is 1.99. The number of allylic oxidation sites excluding steroid dienone is 1. The van der Waals surface area contributed by atoms with Crippen molar-refractivity contribution in [2.75, 3.05) is 5.88 Å². The zero-order chi connectivity index (χ0) is 8.10. The number of aromatic amines is 1. The van der Waals surface area contributed by atoms with E-state index in [1.54, 1.807) is 18.5 Å². The van der Waals surface area contributed by atoms with Gasteiger partial charge in [-0.25, -0.2) is 0 Å². The van der Waals surface area contributed by atoms with E-state index >= 15 is 0 Å². The van der Waals surface area contributed by atoms with Gasteiger partial charge in [-0.2, -0.15) is 0 Å². The summed E-state index contributed by atoms with van der Waals surface area (Å²) < 4.78 is 0. The molecular weight excluding hydrogens is 162 g/mol. The molecule has 0 saturated carbocycles. The van der Waals surface area contributed by atoms with Crippen LogP contribution in [0.15, 0.2) is 24.5 Å². The first kappa shape index (κ1) is 8.08. The molecule has 0 aromatic carbocycles. The summed E-state index contributed by atoms with van der Waals surface area (Å²) >= 11 is 5.28. The third-order valence-electron chi connectivity index (χ3n) is 1.22. The summed E-state index contributed by atoms with van der Waals surface area (Å²) in [6, 6.07) is 1.87. The first-order valence-electron chi connectivity index (χ1n) is 3.22. The zero-order valence-electron chi connectivity index (χ0n) is 5.88. The average molecular weight is 170 g/mol. The van der Waals surface area contributed by atoms with Gasteiger partial charge in [-0.3, -0.25) is 4.79 Å². The maximum Gasteiger partial charge on any atom is 0.170 e. The predicted octanol–water partition coefficient (Wildman–Crippen LogP) is 1.84. The van der Waals surface area contributed by atoms with E-state index in [1.807, 2.05) is 6.07 Å². The van der Waals surface area contributed by atoms with Crippen molar-refractivity contribution in [2.45, 2.75) is 0 Å². The van der Waals surface area contributed by atoms with Crippen LogP contribution in [0, 0.1) is 0 Å². The van der Waals surface area contributed by atoms with Crippen LogP contribution in [0.1, 0.15) is 5.56 Å². The van der Waals surface area contributed by atoms with Crippen LogP contribution in [0.4, 0.5) is 0 Å². The first-order valence-corrected chi connectivity index (χ1v) is 3.76. The Bertz CT molecular complexity index is 251. The highest BCUT2D eigenvalue weighted by molar-refractivity contribution is 6.29. The molecule has 0 radical (unpaired) electrons. The fourth-order valence-electron chi connectivity index (χ4n) is 0.674. The number of rotatable bonds is 3. The molecule has 0 fully saturated rings. The van der Waals surface area contributed by atoms with Gasteiger partial charge in [0.2, 0.25) is 0 Å². The Balaban J connectivity index is 2.55. The van der Waals surface area contributed by atoms with E-state index in [0.29, 0.717) is 0 Å². The Labute approximate surface area is 69.9 Å². The SMILES string of the molecule is O=C(C=Cc1cc[nH]c1)CCl. The molecule has 11 heavy (non-hydrogen) atoms. The summed E-state index contributed by atoms with van der Waals surface area (Å²) in [4.78, 5) is 13.6. The minimum absolute atomic E-state index is 0.0426. The molecule has 0 aliphatic heterocycles.